The zero-order valence-corrected chi connectivity index (χ0v) is 39.9. The van der Waals surface area contributed by atoms with Crippen LogP contribution in [-0.2, 0) is 47.7 Å². The van der Waals surface area contributed by atoms with Crippen molar-refractivity contribution < 1.29 is 63.0 Å². The second-order valence-electron chi connectivity index (χ2n) is 19.4. The number of aliphatic hydroxyl groups is 3. The predicted molar refractivity (Wildman–Crippen MR) is 241 cm³/mol. The van der Waals surface area contributed by atoms with Crippen molar-refractivity contribution in [2.75, 3.05) is 27.9 Å². The highest BCUT2D eigenvalue weighted by Gasteiger charge is 2.53. The van der Waals surface area contributed by atoms with E-state index in [0.717, 1.165) is 6.42 Å². The number of ether oxygens (including phenoxy) is 5. The van der Waals surface area contributed by atoms with Crippen molar-refractivity contribution in [3.8, 4) is 0 Å². The van der Waals surface area contributed by atoms with Gasteiger partial charge in [0.2, 0.25) is 5.79 Å². The highest BCUT2D eigenvalue weighted by molar-refractivity contribution is 6.39. The van der Waals surface area contributed by atoms with Gasteiger partial charge in [-0.15, -0.1) is 0 Å². The Morgan fingerprint density at radius 1 is 0.859 bits per heavy atom. The third kappa shape index (κ3) is 14.0. The van der Waals surface area contributed by atoms with Gasteiger partial charge in [0.1, 0.15) is 30.1 Å². The number of fused-ring (bicyclic) bond motifs is 3. The van der Waals surface area contributed by atoms with Crippen LogP contribution < -0.4 is 0 Å². The minimum absolute atomic E-state index is 0.0504. The van der Waals surface area contributed by atoms with Crippen LogP contribution in [0, 0.1) is 35.5 Å². The van der Waals surface area contributed by atoms with E-state index < -0.39 is 77.8 Å². The number of nitrogens with zero attached hydrogens (tertiary/aromatic N) is 1. The van der Waals surface area contributed by atoms with E-state index in [4.69, 9.17) is 23.7 Å². The summed E-state index contributed by atoms with van der Waals surface area (Å²) < 4.78 is 29.4. The van der Waals surface area contributed by atoms with Gasteiger partial charge < -0.3 is 43.9 Å². The molecule has 1 amide bonds. The maximum atomic E-state index is 14.3. The molecule has 1 unspecified atom stereocenters. The number of amides is 1. The molecule has 64 heavy (non-hydrogen) atoms. The fraction of sp³-hybridized carbons (Fsp3) is 0.780. The van der Waals surface area contributed by atoms with Crippen molar-refractivity contribution in [1.29, 1.82) is 0 Å². The van der Waals surface area contributed by atoms with Gasteiger partial charge in [-0.3, -0.25) is 19.2 Å². The van der Waals surface area contributed by atoms with Crippen LogP contribution in [-0.4, -0.2) is 132 Å². The van der Waals surface area contributed by atoms with Crippen molar-refractivity contribution in [1.82, 2.24) is 4.90 Å². The Morgan fingerprint density at radius 2 is 1.56 bits per heavy atom. The van der Waals surface area contributed by atoms with E-state index in [0.29, 0.717) is 76.2 Å². The van der Waals surface area contributed by atoms with E-state index in [9.17, 15) is 39.3 Å². The van der Waals surface area contributed by atoms with Crippen molar-refractivity contribution in [3.63, 3.8) is 0 Å². The Hall–Kier alpha value is -3.11. The lowest BCUT2D eigenvalue weighted by Crippen LogP contribution is -2.61. The third-order valence-electron chi connectivity index (χ3n) is 14.6. The molecule has 1 aliphatic carbocycles. The van der Waals surface area contributed by atoms with E-state index >= 15 is 0 Å². The van der Waals surface area contributed by atoms with Gasteiger partial charge in [-0.25, -0.2) is 4.79 Å². The van der Waals surface area contributed by atoms with Crippen LogP contribution in [0.2, 0.25) is 0 Å². The summed E-state index contributed by atoms with van der Waals surface area (Å²) in [5, 5.41) is 33.8. The second-order valence-corrected chi connectivity index (χ2v) is 19.4. The van der Waals surface area contributed by atoms with Crippen LogP contribution in [0.5, 0.6) is 0 Å². The largest absolute Gasteiger partial charge is 0.460 e. The van der Waals surface area contributed by atoms with Gasteiger partial charge in [-0.2, -0.15) is 0 Å². The van der Waals surface area contributed by atoms with E-state index in [1.165, 1.54) is 12.0 Å². The van der Waals surface area contributed by atoms with E-state index in [-0.39, 0.29) is 60.9 Å². The highest BCUT2D eigenvalue weighted by atomic mass is 16.6. The standard InChI is InChI=1S/C50H79NO13/c1-30-17-13-11-10-12-14-18-31(2)44(54)46(62-9)45(55)34(5)25-32(3)40(53)29-42(33(4)26-36-21-23-39(52)43(27-36)61-8)63-49(58)38-19-15-16-24-51(38)48(57)47(56)50(59)35(6)20-22-37(64-50)28-41(30)60-7/h10-13,25,30-33,35-39,41-43,45-46,52,55,59H,14-24,26-29H2,1-9H3/b12-10+,13-11+,34-25+/t30?,31-,32-,33-,35-,36-,37+,38+,39-,41+,42+,43-,45-,46+,50-/m1/s1. The molecule has 15 atom stereocenters. The maximum absolute atomic E-state index is 14.3. The number of aliphatic hydroxyl groups excluding tert-OH is 2. The first kappa shape index (κ1) is 53.5. The summed E-state index contributed by atoms with van der Waals surface area (Å²) in [5.41, 5.74) is 0.394. The molecule has 0 radical (unpaired) electrons. The number of rotatable bonds is 6. The number of esters is 1. The average molecular weight is 902 g/mol. The number of hydrogen-bond acceptors (Lipinski definition) is 13. The van der Waals surface area contributed by atoms with Crippen LogP contribution >= 0.6 is 0 Å². The lowest BCUT2D eigenvalue weighted by atomic mass is 9.78. The molecule has 0 aromatic heterocycles. The van der Waals surface area contributed by atoms with Crippen LogP contribution in [0.4, 0.5) is 0 Å². The Bertz CT molecular complexity index is 1660. The molecule has 0 spiro atoms. The number of carbonyl (C=O) groups is 5. The first-order chi connectivity index (χ1) is 30.4. The summed E-state index contributed by atoms with van der Waals surface area (Å²) in [6, 6.07) is -1.13. The van der Waals surface area contributed by atoms with Crippen LogP contribution in [0.15, 0.2) is 36.0 Å². The fourth-order valence-electron chi connectivity index (χ4n) is 10.0. The van der Waals surface area contributed by atoms with Crippen molar-refractivity contribution in [3.05, 3.63) is 36.0 Å². The molecule has 14 nitrogen and oxygen atoms in total. The Labute approximate surface area is 381 Å². The lowest BCUT2D eigenvalue weighted by molar-refractivity contribution is -0.267. The van der Waals surface area contributed by atoms with Crippen LogP contribution in [0.25, 0.3) is 0 Å². The molecule has 0 aromatic rings. The maximum Gasteiger partial charge on any atom is 0.329 e. The van der Waals surface area contributed by atoms with E-state index in [2.05, 4.69) is 6.92 Å². The van der Waals surface area contributed by atoms with Gasteiger partial charge in [0.05, 0.1) is 24.4 Å². The summed E-state index contributed by atoms with van der Waals surface area (Å²) >= 11 is 0. The molecule has 4 rings (SSSR count). The van der Waals surface area contributed by atoms with Gasteiger partial charge in [-0.1, -0.05) is 65.0 Å². The number of carbonyl (C=O) groups excluding carboxylic acids is 5. The number of methoxy groups -OCH3 is 3. The van der Waals surface area contributed by atoms with E-state index in [1.807, 2.05) is 38.2 Å². The fourth-order valence-corrected chi connectivity index (χ4v) is 10.0. The van der Waals surface area contributed by atoms with Crippen molar-refractivity contribution in [2.45, 2.75) is 186 Å². The first-order valence-electron chi connectivity index (χ1n) is 23.8. The smallest absolute Gasteiger partial charge is 0.329 e. The molecule has 3 aliphatic heterocycles. The topological polar surface area (TPSA) is 195 Å². The molecular weight excluding hydrogens is 823 g/mol. The van der Waals surface area contributed by atoms with Gasteiger partial charge in [-0.05, 0) is 107 Å². The first-order valence-corrected chi connectivity index (χ1v) is 23.8. The quantitative estimate of drug-likeness (QED) is 0.159. The molecule has 0 aromatic carbocycles. The molecule has 3 N–H and O–H groups in total. The molecule has 3 heterocycles. The molecule has 2 bridgehead atoms. The molecule has 2 saturated heterocycles. The third-order valence-corrected chi connectivity index (χ3v) is 14.6. The minimum atomic E-state index is -2.41. The summed E-state index contributed by atoms with van der Waals surface area (Å²) in [6.45, 7) is 10.9. The summed E-state index contributed by atoms with van der Waals surface area (Å²) in [6.07, 6.45) is 11.2. The van der Waals surface area contributed by atoms with Gasteiger partial charge in [0.25, 0.3) is 11.7 Å². The second kappa shape index (κ2) is 25.1. The Kier molecular flexibility index (Phi) is 21.0. The zero-order valence-electron chi connectivity index (χ0n) is 39.9. The molecular formula is C50H79NO13. The van der Waals surface area contributed by atoms with Crippen molar-refractivity contribution in [2.24, 2.45) is 35.5 Å². The predicted octanol–water partition coefficient (Wildman–Crippen LogP) is 6.01. The van der Waals surface area contributed by atoms with Crippen molar-refractivity contribution >= 4 is 29.2 Å². The number of cyclic esters (lactones) is 1. The summed E-state index contributed by atoms with van der Waals surface area (Å²) in [5.74, 6) is -7.78. The van der Waals surface area contributed by atoms with Gasteiger partial charge >= 0.3 is 5.97 Å². The van der Waals surface area contributed by atoms with Gasteiger partial charge in [0.15, 0.2) is 5.78 Å². The Morgan fingerprint density at radius 3 is 2.25 bits per heavy atom. The lowest BCUT2D eigenvalue weighted by Gasteiger charge is -2.43. The molecule has 4 aliphatic rings. The van der Waals surface area contributed by atoms with Crippen LogP contribution in [0.1, 0.15) is 131 Å². The SMILES string of the molecule is CO[C@H]1C[C@@H]2CC[C@@H](C)[C@@](O)(O2)C(=O)C(=O)N2CCCC[C@H]2C(=O)O[C@H]([C@H](C)C[C@H]2CC[C@@H](O)[C@H](OC)C2)CC(=O)[C@H](C)/C=C(\C)[C@@H](O)[C@@H](OC)C(=O)[C@H](C)CC/C=C/C=C/CC1C. The van der Waals surface area contributed by atoms with E-state index in [1.54, 1.807) is 41.1 Å². The Balaban J connectivity index is 1.67. The number of hydrogen-bond donors (Lipinski definition) is 3. The number of ketones is 3. The highest BCUT2D eigenvalue weighted by Crippen LogP contribution is 2.38. The normalized spacial score (nSPS) is 40.1. The average Bonchev–Trinajstić information content (AvgIpc) is 3.28. The molecule has 1 saturated carbocycles. The number of piperidine rings is 1. The number of allylic oxidation sites excluding steroid dienone is 5. The monoisotopic (exact) mass is 902 g/mol. The van der Waals surface area contributed by atoms with Crippen LogP contribution in [0.3, 0.4) is 0 Å². The summed E-state index contributed by atoms with van der Waals surface area (Å²) in [4.78, 5) is 71.6. The summed E-state index contributed by atoms with van der Waals surface area (Å²) in [7, 11) is 4.56. The zero-order chi connectivity index (χ0) is 47.3. The molecule has 362 valence electrons. The molecule has 14 heteroatoms. The minimum Gasteiger partial charge on any atom is -0.460 e. The van der Waals surface area contributed by atoms with Gasteiger partial charge in [0, 0.05) is 58.5 Å². The molecule has 3 fully saturated rings. The number of Topliss-reactive ketones (excluding diaryl/α,β-unsaturated/α-hetero) is 3.